The van der Waals surface area contributed by atoms with E-state index in [1.165, 1.54) is 12.4 Å². The number of nitriles is 2. The van der Waals surface area contributed by atoms with Crippen LogP contribution in [0.25, 0.3) is 0 Å². The van der Waals surface area contributed by atoms with Gasteiger partial charge in [-0.05, 0) is 12.5 Å². The lowest BCUT2D eigenvalue weighted by molar-refractivity contribution is 0.479. The maximum atomic E-state index is 12.4. The number of hydrogen-bond acceptors (Lipinski definition) is 6. The third-order valence-electron chi connectivity index (χ3n) is 2.46. The molecule has 0 amide bonds. The van der Waals surface area contributed by atoms with Gasteiger partial charge < -0.3 is 5.32 Å². The summed E-state index contributed by atoms with van der Waals surface area (Å²) < 4.78 is 25.7. The molecule has 1 aromatic rings. The summed E-state index contributed by atoms with van der Waals surface area (Å²) in [7, 11) is -3.92. The number of pyridine rings is 1. The van der Waals surface area contributed by atoms with Crippen molar-refractivity contribution in [3.8, 4) is 12.1 Å². The quantitative estimate of drug-likeness (QED) is 0.749. The summed E-state index contributed by atoms with van der Waals surface area (Å²) in [5, 5.41) is 20.4. The maximum Gasteiger partial charge on any atom is 0.248 e. The van der Waals surface area contributed by atoms with Crippen molar-refractivity contribution in [2.45, 2.75) is 18.2 Å². The van der Waals surface area contributed by atoms with Crippen LogP contribution in [0, 0.1) is 22.7 Å². The number of rotatable bonds is 7. The zero-order chi connectivity index (χ0) is 15.0. The highest BCUT2D eigenvalue weighted by Crippen LogP contribution is 2.23. The van der Waals surface area contributed by atoms with Crippen molar-refractivity contribution in [2.75, 3.05) is 25.0 Å². The molecule has 0 radical (unpaired) electrons. The van der Waals surface area contributed by atoms with Crippen LogP contribution in [0.1, 0.15) is 13.3 Å². The Morgan fingerprint density at radius 1 is 1.35 bits per heavy atom. The Balaban J connectivity index is 3.20. The van der Waals surface area contributed by atoms with E-state index < -0.39 is 10.0 Å². The standard InChI is InChI=1S/C12H15N5O2S/c1-2-6-16-11-3-7-15-10-12(11)20(18,19)17(8-4-13)9-5-14/h3,7,10H,2,6,8-9H2,1H3,(H,15,16). The Morgan fingerprint density at radius 3 is 2.55 bits per heavy atom. The van der Waals surface area contributed by atoms with E-state index in [-0.39, 0.29) is 18.0 Å². The van der Waals surface area contributed by atoms with E-state index in [0.717, 1.165) is 10.7 Å². The predicted molar refractivity (Wildman–Crippen MR) is 73.0 cm³/mol. The fourth-order valence-corrected chi connectivity index (χ4v) is 2.86. The topological polar surface area (TPSA) is 110 Å². The van der Waals surface area contributed by atoms with E-state index >= 15 is 0 Å². The van der Waals surface area contributed by atoms with E-state index in [4.69, 9.17) is 10.5 Å². The fourth-order valence-electron chi connectivity index (χ4n) is 1.51. The van der Waals surface area contributed by atoms with E-state index in [1.807, 2.05) is 6.92 Å². The van der Waals surface area contributed by atoms with Gasteiger partial charge in [0.2, 0.25) is 10.0 Å². The van der Waals surface area contributed by atoms with Crippen molar-refractivity contribution in [1.29, 1.82) is 10.5 Å². The van der Waals surface area contributed by atoms with Crippen LogP contribution in [0.3, 0.4) is 0 Å². The molecule has 7 nitrogen and oxygen atoms in total. The Labute approximate surface area is 118 Å². The van der Waals surface area contributed by atoms with Crippen molar-refractivity contribution < 1.29 is 8.42 Å². The molecule has 0 aromatic carbocycles. The molecule has 0 aliphatic rings. The van der Waals surface area contributed by atoms with Crippen molar-refractivity contribution in [3.63, 3.8) is 0 Å². The first-order chi connectivity index (χ1) is 9.57. The molecule has 1 N–H and O–H groups in total. The molecule has 0 spiro atoms. The molecule has 0 unspecified atom stereocenters. The second kappa shape index (κ2) is 7.43. The highest BCUT2D eigenvalue weighted by atomic mass is 32.2. The third kappa shape index (κ3) is 3.67. The highest BCUT2D eigenvalue weighted by Gasteiger charge is 2.27. The van der Waals surface area contributed by atoms with Crippen LogP contribution in [0.15, 0.2) is 23.4 Å². The first kappa shape index (κ1) is 15.9. The van der Waals surface area contributed by atoms with Gasteiger partial charge in [-0.3, -0.25) is 4.98 Å². The van der Waals surface area contributed by atoms with Gasteiger partial charge in [0, 0.05) is 18.9 Å². The first-order valence-electron chi connectivity index (χ1n) is 5.99. The third-order valence-corrected chi connectivity index (χ3v) is 4.28. The van der Waals surface area contributed by atoms with Crippen LogP contribution in [-0.2, 0) is 10.0 Å². The molecule has 106 valence electrons. The molecule has 0 aliphatic carbocycles. The van der Waals surface area contributed by atoms with Crippen LogP contribution >= 0.6 is 0 Å². The highest BCUT2D eigenvalue weighted by molar-refractivity contribution is 7.89. The van der Waals surface area contributed by atoms with E-state index in [2.05, 4.69) is 10.3 Å². The Hall–Kier alpha value is -2.16. The SMILES string of the molecule is CCCNc1ccncc1S(=O)(=O)N(CC#N)CC#N. The van der Waals surface area contributed by atoms with Crippen LogP contribution in [0.4, 0.5) is 5.69 Å². The minimum atomic E-state index is -3.92. The van der Waals surface area contributed by atoms with Gasteiger partial charge in [0.25, 0.3) is 0 Å². The number of nitrogens with zero attached hydrogens (tertiary/aromatic N) is 4. The van der Waals surface area contributed by atoms with Gasteiger partial charge in [-0.2, -0.15) is 14.8 Å². The number of anilines is 1. The molecule has 0 saturated heterocycles. The van der Waals surface area contributed by atoms with Crippen molar-refractivity contribution >= 4 is 15.7 Å². The van der Waals surface area contributed by atoms with Gasteiger partial charge in [0.15, 0.2) is 0 Å². The molecule has 1 aromatic heterocycles. The number of hydrogen-bond donors (Lipinski definition) is 1. The van der Waals surface area contributed by atoms with E-state index in [0.29, 0.717) is 12.2 Å². The van der Waals surface area contributed by atoms with E-state index in [1.54, 1.807) is 18.2 Å². The zero-order valence-corrected chi connectivity index (χ0v) is 11.9. The van der Waals surface area contributed by atoms with Crippen molar-refractivity contribution in [2.24, 2.45) is 0 Å². The Kier molecular flexibility index (Phi) is 5.91. The van der Waals surface area contributed by atoms with E-state index in [9.17, 15) is 8.42 Å². The van der Waals surface area contributed by atoms with Crippen LogP contribution in [0.5, 0.6) is 0 Å². The molecule has 0 aliphatic heterocycles. The number of aromatic nitrogens is 1. The molecular weight excluding hydrogens is 278 g/mol. The number of sulfonamides is 1. The molecule has 0 fully saturated rings. The molecule has 1 rings (SSSR count). The first-order valence-corrected chi connectivity index (χ1v) is 7.43. The lowest BCUT2D eigenvalue weighted by Gasteiger charge is -2.18. The van der Waals surface area contributed by atoms with Crippen LogP contribution in [0.2, 0.25) is 0 Å². The minimum Gasteiger partial charge on any atom is -0.384 e. The van der Waals surface area contributed by atoms with Crippen LogP contribution < -0.4 is 5.32 Å². The summed E-state index contributed by atoms with van der Waals surface area (Å²) >= 11 is 0. The smallest absolute Gasteiger partial charge is 0.248 e. The zero-order valence-electron chi connectivity index (χ0n) is 11.1. The summed E-state index contributed by atoms with van der Waals surface area (Å²) in [4.78, 5) is 3.78. The Bertz CT molecular complexity index is 614. The van der Waals surface area contributed by atoms with Gasteiger partial charge in [-0.25, -0.2) is 8.42 Å². The fraction of sp³-hybridized carbons (Fsp3) is 0.417. The molecule has 1 heterocycles. The monoisotopic (exact) mass is 293 g/mol. The van der Waals surface area contributed by atoms with Gasteiger partial charge in [-0.1, -0.05) is 6.92 Å². The maximum absolute atomic E-state index is 12.4. The molecule has 0 atom stereocenters. The second-order valence-electron chi connectivity index (χ2n) is 3.89. The van der Waals surface area contributed by atoms with Gasteiger partial charge >= 0.3 is 0 Å². The molecule has 8 heteroatoms. The molecular formula is C12H15N5O2S. The van der Waals surface area contributed by atoms with Gasteiger partial charge in [0.1, 0.15) is 18.0 Å². The molecule has 0 bridgehead atoms. The molecule has 20 heavy (non-hydrogen) atoms. The minimum absolute atomic E-state index is 0.0288. The lowest BCUT2D eigenvalue weighted by atomic mass is 10.4. The average Bonchev–Trinajstić information content (AvgIpc) is 2.45. The normalized spacial score (nSPS) is 10.8. The Morgan fingerprint density at radius 2 is 2.00 bits per heavy atom. The van der Waals surface area contributed by atoms with Crippen molar-refractivity contribution in [1.82, 2.24) is 9.29 Å². The van der Waals surface area contributed by atoms with Gasteiger partial charge in [-0.15, -0.1) is 0 Å². The number of nitrogens with one attached hydrogen (secondary N) is 1. The van der Waals surface area contributed by atoms with Crippen LogP contribution in [-0.4, -0.2) is 37.3 Å². The predicted octanol–water partition coefficient (Wildman–Crippen LogP) is 0.941. The van der Waals surface area contributed by atoms with Crippen molar-refractivity contribution in [3.05, 3.63) is 18.5 Å². The largest absolute Gasteiger partial charge is 0.384 e. The second-order valence-corrected chi connectivity index (χ2v) is 5.79. The summed E-state index contributed by atoms with van der Waals surface area (Å²) in [5.74, 6) is 0. The van der Waals surface area contributed by atoms with Gasteiger partial charge in [0.05, 0.1) is 17.8 Å². The molecule has 0 saturated carbocycles. The summed E-state index contributed by atoms with van der Waals surface area (Å²) in [6.45, 7) is 1.82. The lowest BCUT2D eigenvalue weighted by Crippen LogP contribution is -2.32. The summed E-state index contributed by atoms with van der Waals surface area (Å²) in [5.41, 5.74) is 0.419. The average molecular weight is 293 g/mol. The summed E-state index contributed by atoms with van der Waals surface area (Å²) in [6, 6.07) is 5.05. The summed E-state index contributed by atoms with van der Waals surface area (Å²) in [6.07, 6.45) is 3.53.